The maximum Gasteiger partial charge on any atom is 0.166 e. The molecule has 0 aliphatic carbocycles. The number of thiophene rings is 1. The van der Waals surface area contributed by atoms with E-state index in [1.807, 2.05) is 115 Å². The lowest BCUT2D eigenvalue weighted by atomic mass is 9.97. The van der Waals surface area contributed by atoms with Crippen LogP contribution in [0.15, 0.2) is 194 Å². The topological polar surface area (TPSA) is 43.6 Å². The summed E-state index contributed by atoms with van der Waals surface area (Å²) in [6, 6.07) is 44.1. The fourth-order valence-corrected chi connectivity index (χ4v) is 8.73. The van der Waals surface area contributed by atoms with Gasteiger partial charge in [-0.15, -0.1) is 11.3 Å². The number of fused-ring (bicyclic) bond motifs is 6. The molecule has 0 saturated carbocycles. The van der Waals surface area contributed by atoms with E-state index in [1.54, 1.807) is 17.4 Å². The number of rotatable bonds is 6. The molecule has 11 aromatic rings. The number of hydrogen-bond donors (Lipinski definition) is 0. The van der Waals surface area contributed by atoms with E-state index in [0.717, 1.165) is 53.6 Å². The monoisotopic (exact) mass is 740 g/mol. The summed E-state index contributed by atoms with van der Waals surface area (Å²) in [6.07, 6.45) is 0. The highest BCUT2D eigenvalue weighted by Crippen LogP contribution is 2.41. The number of benzene rings is 8. The van der Waals surface area contributed by atoms with Crippen LogP contribution >= 0.6 is 11.3 Å². The molecular formula is C51H32N4S. The first-order valence-electron chi connectivity index (χ1n) is 22.1. The largest absolute Gasteiger partial charge is 0.309 e. The van der Waals surface area contributed by atoms with Crippen molar-refractivity contribution in [3.8, 4) is 62.1 Å². The lowest BCUT2D eigenvalue weighted by Gasteiger charge is -2.16. The Labute approximate surface area is 338 Å². The molecule has 0 aliphatic heterocycles. The fourth-order valence-electron chi connectivity index (χ4n) is 7.52. The highest BCUT2D eigenvalue weighted by molar-refractivity contribution is 7.26. The summed E-state index contributed by atoms with van der Waals surface area (Å²) in [7, 11) is 0. The summed E-state index contributed by atoms with van der Waals surface area (Å²) in [5.74, 6) is 1.05. The first kappa shape index (κ1) is 25.0. The van der Waals surface area contributed by atoms with Crippen LogP contribution in [0.4, 0.5) is 0 Å². The molecule has 0 bridgehead atoms. The van der Waals surface area contributed by atoms with Crippen molar-refractivity contribution in [3.63, 3.8) is 0 Å². The van der Waals surface area contributed by atoms with Crippen LogP contribution in [0.25, 0.3) is 104 Å². The zero-order chi connectivity index (χ0) is 44.0. The normalized spacial score (nSPS) is 13.6. The minimum Gasteiger partial charge on any atom is -0.309 e. The summed E-state index contributed by atoms with van der Waals surface area (Å²) in [5.41, 5.74) is 6.03. The van der Waals surface area contributed by atoms with E-state index in [2.05, 4.69) is 24.3 Å². The quantitative estimate of drug-likeness (QED) is 0.170. The van der Waals surface area contributed by atoms with Gasteiger partial charge in [-0.1, -0.05) is 152 Å². The second-order valence-corrected chi connectivity index (χ2v) is 14.5. The lowest BCUT2D eigenvalue weighted by molar-refractivity contribution is 1.07. The van der Waals surface area contributed by atoms with Crippen LogP contribution in [-0.2, 0) is 0 Å². The van der Waals surface area contributed by atoms with Gasteiger partial charge in [0.15, 0.2) is 17.5 Å². The molecule has 0 saturated heterocycles. The lowest BCUT2D eigenvalue weighted by Crippen LogP contribution is -2.04. The molecule has 56 heavy (non-hydrogen) atoms. The van der Waals surface area contributed by atoms with Crippen molar-refractivity contribution in [1.29, 1.82) is 0 Å². The van der Waals surface area contributed by atoms with E-state index < -0.39 is 48.3 Å². The molecule has 4 nitrogen and oxygen atoms in total. The minimum absolute atomic E-state index is 0.000630. The van der Waals surface area contributed by atoms with Gasteiger partial charge in [0.05, 0.1) is 27.7 Å². The van der Waals surface area contributed by atoms with Crippen molar-refractivity contribution in [2.45, 2.75) is 0 Å². The number of hydrogen-bond acceptors (Lipinski definition) is 4. The van der Waals surface area contributed by atoms with Gasteiger partial charge in [-0.25, -0.2) is 15.0 Å². The third-order valence-electron chi connectivity index (χ3n) is 10.1. The molecule has 3 heterocycles. The molecule has 5 heteroatoms. The molecule has 262 valence electrons. The van der Waals surface area contributed by atoms with Gasteiger partial charge in [-0.05, 0) is 64.7 Å². The number of nitrogens with zero attached hydrogens (tertiary/aromatic N) is 4. The van der Waals surface area contributed by atoms with Gasteiger partial charge in [0.1, 0.15) is 0 Å². The molecule has 0 radical (unpaired) electrons. The summed E-state index contributed by atoms with van der Waals surface area (Å²) < 4.78 is 75.3. The standard InChI is InChI=1S/C51H32N4S/c1-3-15-33(16-4-1)35-19-13-20-36(31-35)37-29-30-46(55-44-26-10-7-21-38(44)39-22-8-11-27-45(39)55)43(32-37)51-53-49(34-17-5-2-6-18-34)52-50(54-51)42-25-14-24-41-40-23-9-12-28-47(40)56-48(41)42/h1-32H/i7D,8D,10D,11D,21D,22D,26D,27D. The molecule has 0 N–H and O–H groups in total. The van der Waals surface area contributed by atoms with Gasteiger partial charge < -0.3 is 4.57 Å². The van der Waals surface area contributed by atoms with Gasteiger partial charge in [0.25, 0.3) is 0 Å². The van der Waals surface area contributed by atoms with Crippen LogP contribution in [0.1, 0.15) is 11.0 Å². The van der Waals surface area contributed by atoms with Crippen LogP contribution < -0.4 is 0 Å². The summed E-state index contributed by atoms with van der Waals surface area (Å²) in [4.78, 5) is 15.5. The van der Waals surface area contributed by atoms with Crippen molar-refractivity contribution >= 4 is 53.3 Å². The van der Waals surface area contributed by atoms with Crippen molar-refractivity contribution < 1.29 is 11.0 Å². The third kappa shape index (κ3) is 5.40. The average molecular weight is 741 g/mol. The van der Waals surface area contributed by atoms with E-state index in [9.17, 15) is 2.74 Å². The van der Waals surface area contributed by atoms with E-state index in [0.29, 0.717) is 22.9 Å². The van der Waals surface area contributed by atoms with E-state index in [-0.39, 0.29) is 27.6 Å². The van der Waals surface area contributed by atoms with Crippen LogP contribution in [-0.4, -0.2) is 19.5 Å². The highest BCUT2D eigenvalue weighted by atomic mass is 32.1. The molecule has 0 atom stereocenters. The SMILES string of the molecule is [2H]c1c([2H])c([2H])c2c(c1[2H])c1c([2H])c([2H])c([2H])c([2H])c1n2-c1ccc(-c2cccc(-c3ccccc3)c2)cc1-c1nc(-c2ccccc2)nc(-c2cccc3c2sc2ccccc23)n1. The zero-order valence-corrected chi connectivity index (χ0v) is 30.4. The summed E-state index contributed by atoms with van der Waals surface area (Å²) in [6.45, 7) is 0. The van der Waals surface area contributed by atoms with Gasteiger partial charge >= 0.3 is 0 Å². The number of aromatic nitrogens is 4. The van der Waals surface area contributed by atoms with Crippen LogP contribution in [0.5, 0.6) is 0 Å². The Balaban J connectivity index is 1.27. The van der Waals surface area contributed by atoms with Crippen LogP contribution in [0.3, 0.4) is 0 Å². The van der Waals surface area contributed by atoms with E-state index >= 15 is 0 Å². The van der Waals surface area contributed by atoms with Gasteiger partial charge in [0.2, 0.25) is 0 Å². The summed E-state index contributed by atoms with van der Waals surface area (Å²) >= 11 is 1.65. The summed E-state index contributed by atoms with van der Waals surface area (Å²) in [5, 5.41) is 2.15. The molecular weight excluding hydrogens is 701 g/mol. The fraction of sp³-hybridized carbons (Fsp3) is 0. The molecule has 11 rings (SSSR count). The Kier molecular flexibility index (Phi) is 5.92. The number of para-hydroxylation sites is 2. The predicted molar refractivity (Wildman–Crippen MR) is 234 cm³/mol. The van der Waals surface area contributed by atoms with Crippen LogP contribution in [0, 0.1) is 0 Å². The molecule has 0 fully saturated rings. The Morgan fingerprint density at radius 3 is 1.71 bits per heavy atom. The van der Waals surface area contributed by atoms with Gasteiger partial charge in [-0.3, -0.25) is 0 Å². The average Bonchev–Trinajstić information content (AvgIpc) is 3.91. The molecule has 8 aromatic carbocycles. The van der Waals surface area contributed by atoms with E-state index in [4.69, 9.17) is 23.2 Å². The molecule has 0 amide bonds. The Bertz CT molecular complexity index is 3640. The van der Waals surface area contributed by atoms with Crippen molar-refractivity contribution in [2.24, 2.45) is 0 Å². The van der Waals surface area contributed by atoms with Crippen molar-refractivity contribution in [3.05, 3.63) is 194 Å². The third-order valence-corrected chi connectivity index (χ3v) is 11.3. The zero-order valence-electron chi connectivity index (χ0n) is 37.6. The van der Waals surface area contributed by atoms with Crippen LogP contribution in [0.2, 0.25) is 0 Å². The highest BCUT2D eigenvalue weighted by Gasteiger charge is 2.21. The minimum atomic E-state index is -0.511. The van der Waals surface area contributed by atoms with Crippen molar-refractivity contribution in [1.82, 2.24) is 19.5 Å². The molecule has 0 spiro atoms. The Hall–Kier alpha value is -7.21. The Morgan fingerprint density at radius 2 is 0.964 bits per heavy atom. The maximum absolute atomic E-state index is 9.30. The Morgan fingerprint density at radius 1 is 0.411 bits per heavy atom. The maximum atomic E-state index is 9.30. The first-order valence-corrected chi connectivity index (χ1v) is 18.9. The smallest absolute Gasteiger partial charge is 0.166 e. The van der Waals surface area contributed by atoms with Crippen molar-refractivity contribution in [2.75, 3.05) is 0 Å². The molecule has 0 unspecified atom stereocenters. The van der Waals surface area contributed by atoms with Gasteiger partial charge in [-0.2, -0.15) is 0 Å². The second-order valence-electron chi connectivity index (χ2n) is 13.4. The van der Waals surface area contributed by atoms with E-state index in [1.165, 1.54) is 4.57 Å². The predicted octanol–water partition coefficient (Wildman–Crippen LogP) is 13.7. The van der Waals surface area contributed by atoms with Gasteiger partial charge in [0, 0.05) is 47.6 Å². The second kappa shape index (κ2) is 13.3. The first-order chi connectivity index (χ1) is 31.1. The molecule has 0 aliphatic rings. The molecule has 3 aromatic heterocycles.